The van der Waals surface area contributed by atoms with Crippen LogP contribution in [0.3, 0.4) is 0 Å². The third kappa shape index (κ3) is 4.38. The molecule has 0 aliphatic carbocycles. The Morgan fingerprint density at radius 2 is 1.93 bits per heavy atom. The molecule has 3 rings (SSSR count). The maximum atomic E-state index is 6.60. The number of benzene rings is 2. The standard InChI is InChI=1S/C24H31ClN2/c1-6-7-8-18-9-11-20(12-10-18)26-16-19-13-21-17(2)15-24(3,4)27(5)23(21)14-22(19)25/h9-14,16-17H,6-8,15H2,1-5H3. The van der Waals surface area contributed by atoms with Crippen molar-refractivity contribution in [2.24, 2.45) is 4.99 Å². The van der Waals surface area contributed by atoms with Gasteiger partial charge in [0.25, 0.3) is 0 Å². The summed E-state index contributed by atoms with van der Waals surface area (Å²) in [5, 5.41) is 0.758. The van der Waals surface area contributed by atoms with Gasteiger partial charge in [-0.15, -0.1) is 0 Å². The van der Waals surface area contributed by atoms with E-state index in [1.54, 1.807) is 0 Å². The summed E-state index contributed by atoms with van der Waals surface area (Å²) in [6.07, 6.45) is 6.63. The van der Waals surface area contributed by atoms with Gasteiger partial charge in [0.2, 0.25) is 0 Å². The van der Waals surface area contributed by atoms with Crippen LogP contribution in [-0.2, 0) is 6.42 Å². The Morgan fingerprint density at radius 3 is 2.59 bits per heavy atom. The van der Waals surface area contributed by atoms with Gasteiger partial charge >= 0.3 is 0 Å². The second kappa shape index (κ2) is 8.06. The normalized spacial score (nSPS) is 18.7. The quantitative estimate of drug-likeness (QED) is 0.501. The van der Waals surface area contributed by atoms with Crippen molar-refractivity contribution >= 4 is 29.2 Å². The fourth-order valence-corrected chi connectivity index (χ4v) is 4.18. The van der Waals surface area contributed by atoms with Crippen LogP contribution in [0, 0.1) is 0 Å². The van der Waals surface area contributed by atoms with Gasteiger partial charge in [0.1, 0.15) is 0 Å². The fraction of sp³-hybridized carbons (Fsp3) is 0.458. The predicted octanol–water partition coefficient (Wildman–Crippen LogP) is 7.16. The molecule has 1 heterocycles. The SMILES string of the molecule is CCCCc1ccc(N=Cc2cc3c(cc2Cl)N(C)C(C)(C)CC3C)cc1. The highest BCUT2D eigenvalue weighted by atomic mass is 35.5. The zero-order chi connectivity index (χ0) is 19.6. The summed E-state index contributed by atoms with van der Waals surface area (Å²) in [6, 6.07) is 12.8. The van der Waals surface area contributed by atoms with E-state index in [0.717, 1.165) is 29.1 Å². The minimum absolute atomic E-state index is 0.144. The monoisotopic (exact) mass is 382 g/mol. The number of unbranched alkanes of at least 4 members (excludes halogenated alkanes) is 1. The number of hydrogen-bond donors (Lipinski definition) is 0. The third-order valence-corrected chi connectivity index (χ3v) is 6.19. The number of rotatable bonds is 5. The molecule has 2 nitrogen and oxygen atoms in total. The number of fused-ring (bicyclic) bond motifs is 1. The van der Waals surface area contributed by atoms with Crippen molar-refractivity contribution in [1.29, 1.82) is 0 Å². The highest BCUT2D eigenvalue weighted by Gasteiger charge is 2.34. The maximum absolute atomic E-state index is 6.60. The molecule has 3 heteroatoms. The topological polar surface area (TPSA) is 15.6 Å². The van der Waals surface area contributed by atoms with E-state index in [9.17, 15) is 0 Å². The number of nitrogens with zero attached hydrogens (tertiary/aromatic N) is 2. The van der Waals surface area contributed by atoms with E-state index in [1.165, 1.54) is 29.7 Å². The zero-order valence-corrected chi connectivity index (χ0v) is 18.0. The molecule has 0 saturated carbocycles. The largest absolute Gasteiger partial charge is 0.369 e. The van der Waals surface area contributed by atoms with Crippen molar-refractivity contribution in [3.8, 4) is 0 Å². The molecule has 27 heavy (non-hydrogen) atoms. The van der Waals surface area contributed by atoms with Crippen molar-refractivity contribution in [3.63, 3.8) is 0 Å². The molecule has 0 saturated heterocycles. The molecule has 0 radical (unpaired) electrons. The summed E-state index contributed by atoms with van der Waals surface area (Å²) in [5.41, 5.74) is 6.08. The highest BCUT2D eigenvalue weighted by molar-refractivity contribution is 6.33. The molecule has 2 aromatic rings. The Kier molecular flexibility index (Phi) is 5.95. The summed E-state index contributed by atoms with van der Waals surface area (Å²) >= 11 is 6.60. The highest BCUT2D eigenvalue weighted by Crippen LogP contribution is 2.44. The van der Waals surface area contributed by atoms with Gasteiger partial charge in [0.15, 0.2) is 0 Å². The average molecular weight is 383 g/mol. The van der Waals surface area contributed by atoms with Crippen LogP contribution in [0.25, 0.3) is 0 Å². The first kappa shape index (κ1) is 19.9. The number of aryl methyl sites for hydroxylation is 1. The number of halogens is 1. The van der Waals surface area contributed by atoms with Crippen LogP contribution in [0.2, 0.25) is 5.02 Å². The first-order chi connectivity index (χ1) is 12.8. The van der Waals surface area contributed by atoms with E-state index >= 15 is 0 Å². The van der Waals surface area contributed by atoms with Gasteiger partial charge in [-0.2, -0.15) is 0 Å². The third-order valence-electron chi connectivity index (χ3n) is 5.86. The summed E-state index contributed by atoms with van der Waals surface area (Å²) in [5.74, 6) is 0.508. The van der Waals surface area contributed by atoms with E-state index in [1.807, 2.05) is 6.21 Å². The lowest BCUT2D eigenvalue weighted by Crippen LogP contribution is -2.45. The Labute approximate surface area is 169 Å². The molecule has 0 fully saturated rings. The molecule has 1 aliphatic heterocycles. The molecule has 0 amide bonds. The zero-order valence-electron chi connectivity index (χ0n) is 17.2. The molecule has 0 bridgehead atoms. The fourth-order valence-electron chi connectivity index (χ4n) is 3.98. The van der Waals surface area contributed by atoms with E-state index in [0.29, 0.717) is 5.92 Å². The Bertz CT molecular complexity index is 821. The van der Waals surface area contributed by atoms with Gasteiger partial charge in [-0.25, -0.2) is 0 Å². The molecule has 1 atom stereocenters. The van der Waals surface area contributed by atoms with E-state index in [-0.39, 0.29) is 5.54 Å². The van der Waals surface area contributed by atoms with Crippen molar-refractivity contribution < 1.29 is 0 Å². The molecule has 0 spiro atoms. The van der Waals surface area contributed by atoms with Crippen LogP contribution in [0.15, 0.2) is 41.4 Å². The molecule has 0 aromatic heterocycles. The summed E-state index contributed by atoms with van der Waals surface area (Å²) in [4.78, 5) is 7.01. The number of hydrogen-bond acceptors (Lipinski definition) is 2. The first-order valence-electron chi connectivity index (χ1n) is 10.0. The Balaban J connectivity index is 1.84. The van der Waals surface area contributed by atoms with E-state index in [4.69, 9.17) is 11.6 Å². The van der Waals surface area contributed by atoms with Gasteiger partial charge in [0.05, 0.1) is 10.7 Å². The summed E-state index contributed by atoms with van der Waals surface area (Å²) in [7, 11) is 2.16. The lowest BCUT2D eigenvalue weighted by Gasteiger charge is -2.45. The van der Waals surface area contributed by atoms with Gasteiger partial charge < -0.3 is 4.90 Å². The molecule has 0 N–H and O–H groups in total. The van der Waals surface area contributed by atoms with E-state index in [2.05, 4.69) is 81.0 Å². The molecule has 2 aromatic carbocycles. The molecular formula is C24H31ClN2. The van der Waals surface area contributed by atoms with E-state index < -0.39 is 0 Å². The average Bonchev–Trinajstić information content (AvgIpc) is 2.64. The van der Waals surface area contributed by atoms with Crippen LogP contribution >= 0.6 is 11.6 Å². The van der Waals surface area contributed by atoms with Gasteiger partial charge in [0, 0.05) is 30.1 Å². The van der Waals surface area contributed by atoms with Crippen molar-refractivity contribution in [3.05, 3.63) is 58.1 Å². The maximum Gasteiger partial charge on any atom is 0.0630 e. The van der Waals surface area contributed by atoms with Gasteiger partial charge in [-0.05, 0) is 74.4 Å². The number of anilines is 1. The minimum Gasteiger partial charge on any atom is -0.369 e. The second-order valence-corrected chi connectivity index (χ2v) is 8.84. The minimum atomic E-state index is 0.144. The smallest absolute Gasteiger partial charge is 0.0630 e. The Morgan fingerprint density at radius 1 is 1.22 bits per heavy atom. The van der Waals surface area contributed by atoms with Crippen LogP contribution < -0.4 is 4.90 Å². The van der Waals surface area contributed by atoms with Crippen LogP contribution in [0.5, 0.6) is 0 Å². The lowest BCUT2D eigenvalue weighted by molar-refractivity contribution is 0.395. The molecule has 144 valence electrons. The van der Waals surface area contributed by atoms with Crippen molar-refractivity contribution in [2.45, 2.75) is 64.8 Å². The lowest BCUT2D eigenvalue weighted by atomic mass is 9.80. The van der Waals surface area contributed by atoms with Gasteiger partial charge in [-0.3, -0.25) is 4.99 Å². The second-order valence-electron chi connectivity index (χ2n) is 8.44. The van der Waals surface area contributed by atoms with Crippen LogP contribution in [-0.4, -0.2) is 18.8 Å². The molecule has 1 unspecified atom stereocenters. The summed E-state index contributed by atoms with van der Waals surface area (Å²) in [6.45, 7) is 9.11. The van der Waals surface area contributed by atoms with Crippen molar-refractivity contribution in [2.75, 3.05) is 11.9 Å². The summed E-state index contributed by atoms with van der Waals surface area (Å²) < 4.78 is 0. The van der Waals surface area contributed by atoms with Crippen molar-refractivity contribution in [1.82, 2.24) is 0 Å². The first-order valence-corrected chi connectivity index (χ1v) is 10.4. The predicted molar refractivity (Wildman–Crippen MR) is 119 cm³/mol. The van der Waals surface area contributed by atoms with Gasteiger partial charge in [-0.1, -0.05) is 44.0 Å². The number of aliphatic imine (C=N–C) groups is 1. The molecular weight excluding hydrogens is 352 g/mol. The Hall–Kier alpha value is -1.80. The van der Waals surface area contributed by atoms with Crippen LogP contribution in [0.1, 0.15) is 69.6 Å². The molecule has 1 aliphatic rings. The van der Waals surface area contributed by atoms with Crippen LogP contribution in [0.4, 0.5) is 11.4 Å².